The molecular formula is C7H22N2O. The highest BCUT2D eigenvalue weighted by molar-refractivity contribution is 4.51. The van der Waals surface area contributed by atoms with E-state index in [9.17, 15) is 0 Å². The summed E-state index contributed by atoms with van der Waals surface area (Å²) in [5.41, 5.74) is 5.17. The summed E-state index contributed by atoms with van der Waals surface area (Å²) in [4.78, 5) is 0. The lowest BCUT2D eigenvalue weighted by molar-refractivity contribution is 0.192. The molecule has 0 aromatic carbocycles. The summed E-state index contributed by atoms with van der Waals surface area (Å²) in [5, 5.41) is 11.6. The maximum Gasteiger partial charge on any atom is 0.0636 e. The summed E-state index contributed by atoms with van der Waals surface area (Å²) in [6.07, 6.45) is -0.262. The summed E-state index contributed by atoms with van der Waals surface area (Å²) in [7, 11) is 0. The minimum atomic E-state index is -0.262. The molecule has 0 bridgehead atoms. The fourth-order valence-corrected chi connectivity index (χ4v) is 0.413. The van der Waals surface area contributed by atoms with Crippen molar-refractivity contribution < 1.29 is 5.11 Å². The van der Waals surface area contributed by atoms with E-state index in [1.165, 1.54) is 0 Å². The Hall–Kier alpha value is -0.120. The number of hydrogen-bond acceptors (Lipinski definition) is 3. The smallest absolute Gasteiger partial charge is 0.0636 e. The maximum atomic E-state index is 8.68. The van der Waals surface area contributed by atoms with Gasteiger partial charge in [-0.15, -0.1) is 0 Å². The summed E-state index contributed by atoms with van der Waals surface area (Å²) in [6, 6.07) is 0. The Morgan fingerprint density at radius 2 is 2.00 bits per heavy atom. The van der Waals surface area contributed by atoms with Crippen LogP contribution in [0, 0.1) is 0 Å². The van der Waals surface area contributed by atoms with Crippen LogP contribution in [-0.4, -0.2) is 30.8 Å². The average molecular weight is 150 g/mol. The SMILES string of the molecule is C.C.CC(O)CNCCN. The lowest BCUT2D eigenvalue weighted by Gasteiger charge is -2.03. The standard InChI is InChI=1S/C5H14N2O.2CH4/c1-5(8)4-7-3-2-6;;/h5,7-8H,2-4,6H2,1H3;2*1H4. The van der Waals surface area contributed by atoms with E-state index in [4.69, 9.17) is 10.8 Å². The summed E-state index contributed by atoms with van der Waals surface area (Å²) in [5.74, 6) is 0. The zero-order chi connectivity index (χ0) is 6.41. The molecule has 10 heavy (non-hydrogen) atoms. The molecule has 1 unspecified atom stereocenters. The normalized spacial score (nSPS) is 11.1. The molecule has 0 spiro atoms. The lowest BCUT2D eigenvalue weighted by Crippen LogP contribution is -2.29. The Morgan fingerprint density at radius 3 is 2.30 bits per heavy atom. The van der Waals surface area contributed by atoms with Gasteiger partial charge in [0.1, 0.15) is 0 Å². The van der Waals surface area contributed by atoms with Gasteiger partial charge in [0.25, 0.3) is 0 Å². The molecule has 4 N–H and O–H groups in total. The van der Waals surface area contributed by atoms with Crippen LogP contribution in [0.4, 0.5) is 0 Å². The molecule has 0 rings (SSSR count). The molecular weight excluding hydrogens is 128 g/mol. The van der Waals surface area contributed by atoms with Crippen molar-refractivity contribution in [3.8, 4) is 0 Å². The third-order valence-electron chi connectivity index (χ3n) is 0.761. The number of aliphatic hydroxyl groups is 1. The first-order valence-electron chi connectivity index (χ1n) is 2.86. The first-order chi connectivity index (χ1) is 3.77. The Kier molecular flexibility index (Phi) is 19.2. The Balaban J connectivity index is -0.000000245. The van der Waals surface area contributed by atoms with Crippen molar-refractivity contribution in [3.05, 3.63) is 0 Å². The molecule has 0 aliphatic carbocycles. The number of nitrogens with two attached hydrogens (primary N) is 1. The minimum Gasteiger partial charge on any atom is -0.392 e. The predicted octanol–water partition coefficient (Wildman–Crippen LogP) is 0.188. The van der Waals surface area contributed by atoms with Crippen molar-refractivity contribution in [2.24, 2.45) is 5.73 Å². The average Bonchev–Trinajstić information content (AvgIpc) is 1.66. The molecule has 0 saturated heterocycles. The number of aliphatic hydroxyl groups excluding tert-OH is 1. The van der Waals surface area contributed by atoms with Crippen LogP contribution in [0.3, 0.4) is 0 Å². The highest BCUT2D eigenvalue weighted by Gasteiger charge is 1.90. The van der Waals surface area contributed by atoms with Crippen LogP contribution in [0.5, 0.6) is 0 Å². The van der Waals surface area contributed by atoms with Crippen molar-refractivity contribution in [1.29, 1.82) is 0 Å². The van der Waals surface area contributed by atoms with Gasteiger partial charge in [-0.2, -0.15) is 0 Å². The highest BCUT2D eigenvalue weighted by atomic mass is 16.3. The first kappa shape index (κ1) is 16.5. The molecule has 3 heteroatoms. The van der Waals surface area contributed by atoms with Gasteiger partial charge in [0.05, 0.1) is 6.10 Å². The van der Waals surface area contributed by atoms with E-state index in [1.54, 1.807) is 6.92 Å². The fraction of sp³-hybridized carbons (Fsp3) is 1.00. The van der Waals surface area contributed by atoms with Crippen molar-refractivity contribution in [2.75, 3.05) is 19.6 Å². The largest absolute Gasteiger partial charge is 0.392 e. The summed E-state index contributed by atoms with van der Waals surface area (Å²) >= 11 is 0. The minimum absolute atomic E-state index is 0. The molecule has 0 saturated carbocycles. The molecule has 0 amide bonds. The van der Waals surface area contributed by atoms with Gasteiger partial charge in [0.15, 0.2) is 0 Å². The third-order valence-corrected chi connectivity index (χ3v) is 0.761. The second-order valence-electron chi connectivity index (χ2n) is 1.84. The van der Waals surface area contributed by atoms with E-state index < -0.39 is 0 Å². The van der Waals surface area contributed by atoms with E-state index in [-0.39, 0.29) is 21.0 Å². The van der Waals surface area contributed by atoms with Crippen molar-refractivity contribution in [1.82, 2.24) is 5.32 Å². The van der Waals surface area contributed by atoms with Crippen molar-refractivity contribution in [3.63, 3.8) is 0 Å². The van der Waals surface area contributed by atoms with Gasteiger partial charge in [0, 0.05) is 19.6 Å². The van der Waals surface area contributed by atoms with Crippen LogP contribution < -0.4 is 11.1 Å². The van der Waals surface area contributed by atoms with Gasteiger partial charge >= 0.3 is 0 Å². The van der Waals surface area contributed by atoms with Crippen LogP contribution in [-0.2, 0) is 0 Å². The number of hydrogen-bond donors (Lipinski definition) is 3. The van der Waals surface area contributed by atoms with Gasteiger partial charge in [-0.3, -0.25) is 0 Å². The van der Waals surface area contributed by atoms with E-state index in [0.29, 0.717) is 13.1 Å². The molecule has 1 atom stereocenters. The zero-order valence-corrected chi connectivity index (χ0v) is 5.22. The van der Waals surface area contributed by atoms with Crippen LogP contribution in [0.1, 0.15) is 21.8 Å². The topological polar surface area (TPSA) is 58.3 Å². The monoisotopic (exact) mass is 150 g/mol. The maximum absolute atomic E-state index is 8.68. The summed E-state index contributed by atoms with van der Waals surface area (Å²) < 4.78 is 0. The predicted molar refractivity (Wildman–Crippen MR) is 47.1 cm³/mol. The number of nitrogens with one attached hydrogen (secondary N) is 1. The molecule has 0 aliphatic heterocycles. The lowest BCUT2D eigenvalue weighted by atomic mass is 10.4. The van der Waals surface area contributed by atoms with E-state index >= 15 is 0 Å². The molecule has 0 aromatic heterocycles. The highest BCUT2D eigenvalue weighted by Crippen LogP contribution is 1.71. The molecule has 0 heterocycles. The molecule has 0 aromatic rings. The van der Waals surface area contributed by atoms with Gasteiger partial charge < -0.3 is 16.2 Å². The van der Waals surface area contributed by atoms with E-state index in [0.717, 1.165) is 6.54 Å². The van der Waals surface area contributed by atoms with Gasteiger partial charge in [-0.05, 0) is 6.92 Å². The molecule has 66 valence electrons. The van der Waals surface area contributed by atoms with Crippen LogP contribution in [0.25, 0.3) is 0 Å². The number of rotatable bonds is 4. The first-order valence-corrected chi connectivity index (χ1v) is 2.86. The zero-order valence-electron chi connectivity index (χ0n) is 5.22. The van der Waals surface area contributed by atoms with Crippen molar-refractivity contribution in [2.45, 2.75) is 27.9 Å². The molecule has 3 nitrogen and oxygen atoms in total. The van der Waals surface area contributed by atoms with Gasteiger partial charge in [0.2, 0.25) is 0 Å². The Morgan fingerprint density at radius 1 is 1.50 bits per heavy atom. The van der Waals surface area contributed by atoms with Gasteiger partial charge in [-0.25, -0.2) is 0 Å². The van der Waals surface area contributed by atoms with Crippen LogP contribution in [0.15, 0.2) is 0 Å². The quantitative estimate of drug-likeness (QED) is 0.501. The molecule has 0 radical (unpaired) electrons. The Bertz CT molecular complexity index is 48.9. The van der Waals surface area contributed by atoms with E-state index in [2.05, 4.69) is 5.32 Å². The third kappa shape index (κ3) is 15.7. The van der Waals surface area contributed by atoms with E-state index in [1.807, 2.05) is 0 Å². The van der Waals surface area contributed by atoms with Gasteiger partial charge in [-0.1, -0.05) is 14.9 Å². The van der Waals surface area contributed by atoms with Crippen molar-refractivity contribution >= 4 is 0 Å². The Labute approximate surface area is 64.6 Å². The summed E-state index contributed by atoms with van der Waals surface area (Å²) in [6.45, 7) is 3.79. The fourth-order valence-electron chi connectivity index (χ4n) is 0.413. The van der Waals surface area contributed by atoms with Crippen LogP contribution in [0.2, 0.25) is 0 Å². The molecule has 0 aliphatic rings. The molecule has 0 fully saturated rings. The second-order valence-corrected chi connectivity index (χ2v) is 1.84. The van der Waals surface area contributed by atoms with Crippen LogP contribution >= 0.6 is 0 Å². The second kappa shape index (κ2) is 11.6.